The van der Waals surface area contributed by atoms with Gasteiger partial charge in [0.25, 0.3) is 0 Å². The molecule has 200 valence electrons. The summed E-state index contributed by atoms with van der Waals surface area (Å²) >= 11 is 0. The maximum atomic E-state index is 10.5. The van der Waals surface area contributed by atoms with Crippen LogP contribution < -0.4 is 0 Å². The Morgan fingerprint density at radius 1 is 0.618 bits per heavy atom. The van der Waals surface area contributed by atoms with Crippen molar-refractivity contribution in [2.45, 2.75) is 85.5 Å². The van der Waals surface area contributed by atoms with Crippen LogP contribution in [0.3, 0.4) is 0 Å². The summed E-state index contributed by atoms with van der Waals surface area (Å²) < 4.78 is 26.4. The second kappa shape index (κ2) is 11.2. The summed E-state index contributed by atoms with van der Waals surface area (Å²) in [5.74, 6) is -2.53. The number of hydrogen-bond donors (Lipinski definition) is 11. The van der Waals surface area contributed by atoms with Gasteiger partial charge in [-0.2, -0.15) is 0 Å². The van der Waals surface area contributed by atoms with Gasteiger partial charge in [-0.05, 0) is 0 Å². The Balaban J connectivity index is 1.76. The van der Waals surface area contributed by atoms with E-state index in [2.05, 4.69) is 0 Å². The van der Waals surface area contributed by atoms with Gasteiger partial charge in [-0.3, -0.25) is 0 Å². The number of rotatable bonds is 8. The molecule has 11 N–H and O–H groups in total. The summed E-state index contributed by atoms with van der Waals surface area (Å²) in [6.45, 7) is -3.19. The third kappa shape index (κ3) is 5.23. The second-order valence-electron chi connectivity index (χ2n) is 8.43. The van der Waals surface area contributed by atoms with E-state index in [1.165, 1.54) is 0 Å². The lowest BCUT2D eigenvalue weighted by Crippen LogP contribution is -2.65. The predicted octanol–water partition coefficient (Wildman–Crippen LogP) is -7.57. The number of aliphatic hydroxyl groups excluding tert-OH is 10. The monoisotopic (exact) mass is 504 g/mol. The molecular weight excluding hydrogens is 472 g/mol. The first kappa shape index (κ1) is 27.9. The van der Waals surface area contributed by atoms with E-state index in [4.69, 9.17) is 23.7 Å². The minimum absolute atomic E-state index is 0.735. The highest BCUT2D eigenvalue weighted by atomic mass is 16.8. The Morgan fingerprint density at radius 2 is 1.15 bits per heavy atom. The zero-order chi connectivity index (χ0) is 25.4. The fraction of sp³-hybridized carbons (Fsp3) is 1.00. The third-order valence-corrected chi connectivity index (χ3v) is 6.12. The van der Waals surface area contributed by atoms with Crippen molar-refractivity contribution < 1.29 is 79.9 Å². The van der Waals surface area contributed by atoms with Gasteiger partial charge in [-0.25, -0.2) is 0 Å². The molecule has 0 amide bonds. The van der Waals surface area contributed by atoms with Crippen molar-refractivity contribution in [1.29, 1.82) is 0 Å². The zero-order valence-electron chi connectivity index (χ0n) is 17.8. The summed E-state index contributed by atoms with van der Waals surface area (Å²) in [7, 11) is 0. The molecule has 0 saturated carbocycles. The normalized spacial score (nSPS) is 52.1. The molecule has 3 saturated heterocycles. The summed E-state index contributed by atoms with van der Waals surface area (Å²) in [4.78, 5) is 0. The van der Waals surface area contributed by atoms with Crippen molar-refractivity contribution >= 4 is 0 Å². The second-order valence-corrected chi connectivity index (χ2v) is 8.43. The molecule has 0 aromatic heterocycles. The van der Waals surface area contributed by atoms with Crippen LogP contribution in [0.5, 0.6) is 0 Å². The smallest absolute Gasteiger partial charge is 0.219 e. The molecule has 0 aromatic carbocycles. The molecule has 0 aliphatic carbocycles. The van der Waals surface area contributed by atoms with E-state index in [0.717, 1.165) is 0 Å². The number of hydrogen-bond acceptors (Lipinski definition) is 16. The van der Waals surface area contributed by atoms with Crippen molar-refractivity contribution in [3.8, 4) is 0 Å². The van der Waals surface area contributed by atoms with Crippen LogP contribution in [0, 0.1) is 0 Å². The molecule has 34 heavy (non-hydrogen) atoms. The van der Waals surface area contributed by atoms with Gasteiger partial charge in [0, 0.05) is 0 Å². The highest BCUT2D eigenvalue weighted by molar-refractivity contribution is 4.97. The maximum absolute atomic E-state index is 10.5. The first-order valence-corrected chi connectivity index (χ1v) is 10.6. The highest BCUT2D eigenvalue weighted by Gasteiger charge is 2.55. The summed E-state index contributed by atoms with van der Waals surface area (Å²) in [6.07, 6.45) is -21.8. The lowest BCUT2D eigenvalue weighted by molar-refractivity contribution is -0.376. The van der Waals surface area contributed by atoms with Gasteiger partial charge in [-0.1, -0.05) is 0 Å². The van der Waals surface area contributed by atoms with E-state index < -0.39 is 112 Å². The molecule has 0 bridgehead atoms. The number of aliphatic hydroxyl groups is 11. The van der Waals surface area contributed by atoms with Crippen LogP contribution in [0.4, 0.5) is 0 Å². The van der Waals surface area contributed by atoms with Crippen molar-refractivity contribution in [3.05, 3.63) is 0 Å². The Bertz CT molecular complexity index is 653. The van der Waals surface area contributed by atoms with E-state index >= 15 is 0 Å². The van der Waals surface area contributed by atoms with Gasteiger partial charge in [0.15, 0.2) is 12.6 Å². The highest BCUT2D eigenvalue weighted by Crippen LogP contribution is 2.33. The number of ether oxygens (including phenoxy) is 5. The van der Waals surface area contributed by atoms with Gasteiger partial charge >= 0.3 is 0 Å². The van der Waals surface area contributed by atoms with Crippen LogP contribution in [0.1, 0.15) is 0 Å². The predicted molar refractivity (Wildman–Crippen MR) is 101 cm³/mol. The Labute approximate surface area is 192 Å². The molecule has 3 rings (SSSR count). The van der Waals surface area contributed by atoms with E-state index in [9.17, 15) is 56.2 Å². The van der Waals surface area contributed by atoms with Crippen LogP contribution in [0.15, 0.2) is 0 Å². The van der Waals surface area contributed by atoms with Crippen molar-refractivity contribution in [2.75, 3.05) is 26.4 Å². The van der Waals surface area contributed by atoms with Gasteiger partial charge in [0.2, 0.25) is 5.79 Å². The SMILES string of the molecule is OC[C@H]1O[C@@H](O[C@H]2C(OC[C@@]3(O)O[C@H](CO)[C@@H](O)[C@@H]3O)O[C@H](CO)[C@@H](O)[C@@H]2O)[C@H](O)[C@@H](O)[C@H]1O. The average molecular weight is 504 g/mol. The third-order valence-electron chi connectivity index (χ3n) is 6.12. The molecule has 16 nitrogen and oxygen atoms in total. The summed E-state index contributed by atoms with van der Waals surface area (Å²) in [5.41, 5.74) is 0. The lowest BCUT2D eigenvalue weighted by atomic mass is 9.97. The Morgan fingerprint density at radius 3 is 1.68 bits per heavy atom. The van der Waals surface area contributed by atoms with Crippen molar-refractivity contribution in [3.63, 3.8) is 0 Å². The van der Waals surface area contributed by atoms with Crippen LogP contribution in [-0.2, 0) is 23.7 Å². The molecule has 3 aliphatic rings. The van der Waals surface area contributed by atoms with Gasteiger partial charge in [-0.15, -0.1) is 0 Å². The molecular formula is C18H32O16. The maximum Gasteiger partial charge on any atom is 0.219 e. The Kier molecular flexibility index (Phi) is 9.18. The van der Waals surface area contributed by atoms with E-state index in [0.29, 0.717) is 0 Å². The first-order chi connectivity index (χ1) is 16.0. The van der Waals surface area contributed by atoms with Gasteiger partial charge < -0.3 is 79.9 Å². The minimum Gasteiger partial charge on any atom is -0.394 e. The van der Waals surface area contributed by atoms with E-state index in [1.54, 1.807) is 0 Å². The topological polar surface area (TPSA) is 269 Å². The molecule has 16 heteroatoms. The molecule has 3 fully saturated rings. The standard InChI is InChI=1S/C18H32O16/c19-1-5-8(22)11(25)13(27)16(31-5)33-14-12(26)9(23)6(2-20)32-17(14)30-4-18(29)15(28)10(24)7(3-21)34-18/h5-17,19-29H,1-4H2/t5-,6-,7-,8+,9-,10-,11+,12+,13-,14-,15+,16+,17?,18-/m1/s1. The fourth-order valence-corrected chi connectivity index (χ4v) is 4.01. The van der Waals surface area contributed by atoms with Crippen LogP contribution in [0.2, 0.25) is 0 Å². The van der Waals surface area contributed by atoms with E-state index in [-0.39, 0.29) is 0 Å². The van der Waals surface area contributed by atoms with Crippen molar-refractivity contribution in [1.82, 2.24) is 0 Å². The zero-order valence-corrected chi connectivity index (χ0v) is 17.8. The van der Waals surface area contributed by atoms with Crippen LogP contribution in [-0.4, -0.2) is 168 Å². The molecule has 0 spiro atoms. The quantitative estimate of drug-likeness (QED) is 0.146. The average Bonchev–Trinajstić information content (AvgIpc) is 3.05. The molecule has 14 atom stereocenters. The molecule has 3 heterocycles. The fourth-order valence-electron chi connectivity index (χ4n) is 4.01. The molecule has 0 radical (unpaired) electrons. The van der Waals surface area contributed by atoms with Gasteiger partial charge in [0.05, 0.1) is 19.8 Å². The van der Waals surface area contributed by atoms with E-state index in [1.807, 2.05) is 0 Å². The van der Waals surface area contributed by atoms with Crippen LogP contribution in [0.25, 0.3) is 0 Å². The molecule has 1 unspecified atom stereocenters. The molecule has 0 aromatic rings. The largest absolute Gasteiger partial charge is 0.394 e. The molecule has 3 aliphatic heterocycles. The summed E-state index contributed by atoms with van der Waals surface area (Å²) in [6, 6.07) is 0. The first-order valence-electron chi connectivity index (χ1n) is 10.6. The summed E-state index contributed by atoms with van der Waals surface area (Å²) in [5, 5.41) is 109. The lowest BCUT2D eigenvalue weighted by Gasteiger charge is -2.46. The minimum atomic E-state index is -2.53. The van der Waals surface area contributed by atoms with Gasteiger partial charge in [0.1, 0.15) is 73.8 Å². The van der Waals surface area contributed by atoms with Crippen molar-refractivity contribution in [2.24, 2.45) is 0 Å². The van der Waals surface area contributed by atoms with Crippen LogP contribution >= 0.6 is 0 Å². The Hall–Kier alpha value is -0.640.